The summed E-state index contributed by atoms with van der Waals surface area (Å²) in [4.78, 5) is 14.1. The van der Waals surface area contributed by atoms with E-state index in [0.29, 0.717) is 12.3 Å². The standard InChI is InChI=1S/C15H22N2O3S/c1-11-15(18)17(8-5-9-21(3)19)14(16-11)12-6-4-7-13(10-12)20-2/h4,6-7,10-11,14,16H,5,8-9H2,1-3H3. The average Bonchev–Trinajstić information content (AvgIpc) is 2.75. The SMILES string of the molecule is COc1cccc(C2NC(C)C(=O)N2CCCS(C)=O)c1. The molecular weight excluding hydrogens is 288 g/mol. The number of benzene rings is 1. The molecule has 0 aromatic heterocycles. The average molecular weight is 310 g/mol. The second kappa shape index (κ2) is 7.04. The van der Waals surface area contributed by atoms with Gasteiger partial charge in [-0.1, -0.05) is 12.1 Å². The van der Waals surface area contributed by atoms with Crippen molar-refractivity contribution in [2.75, 3.05) is 25.7 Å². The van der Waals surface area contributed by atoms with Crippen LogP contribution in [-0.4, -0.2) is 46.7 Å². The van der Waals surface area contributed by atoms with E-state index in [0.717, 1.165) is 17.7 Å². The zero-order valence-corrected chi connectivity index (χ0v) is 13.5. The third kappa shape index (κ3) is 3.83. The molecule has 116 valence electrons. The molecule has 21 heavy (non-hydrogen) atoms. The number of rotatable bonds is 6. The highest BCUT2D eigenvalue weighted by Crippen LogP contribution is 2.27. The van der Waals surface area contributed by atoms with Crippen LogP contribution < -0.4 is 10.1 Å². The van der Waals surface area contributed by atoms with Crippen LogP contribution in [0.1, 0.15) is 25.1 Å². The lowest BCUT2D eigenvalue weighted by Gasteiger charge is -2.24. The van der Waals surface area contributed by atoms with Crippen molar-refractivity contribution in [3.8, 4) is 5.75 Å². The summed E-state index contributed by atoms with van der Waals surface area (Å²) in [6.45, 7) is 2.48. The molecule has 1 aliphatic rings. The second-order valence-corrected chi connectivity index (χ2v) is 6.78. The minimum absolute atomic E-state index is 0.0877. The van der Waals surface area contributed by atoms with Gasteiger partial charge in [-0.15, -0.1) is 0 Å². The maximum absolute atomic E-state index is 12.3. The van der Waals surface area contributed by atoms with E-state index < -0.39 is 10.8 Å². The summed E-state index contributed by atoms with van der Waals surface area (Å²) in [7, 11) is 0.804. The predicted molar refractivity (Wildman–Crippen MR) is 83.6 cm³/mol. The lowest BCUT2D eigenvalue weighted by atomic mass is 10.1. The number of carbonyl (C=O) groups excluding carboxylic acids is 1. The minimum Gasteiger partial charge on any atom is -0.497 e. The molecule has 1 saturated heterocycles. The molecule has 1 fully saturated rings. The van der Waals surface area contributed by atoms with Gasteiger partial charge in [-0.2, -0.15) is 0 Å². The van der Waals surface area contributed by atoms with Gasteiger partial charge in [-0.3, -0.25) is 14.3 Å². The van der Waals surface area contributed by atoms with E-state index >= 15 is 0 Å². The van der Waals surface area contributed by atoms with Crippen molar-refractivity contribution in [2.24, 2.45) is 0 Å². The van der Waals surface area contributed by atoms with E-state index in [1.807, 2.05) is 36.1 Å². The molecule has 0 aliphatic carbocycles. The van der Waals surface area contributed by atoms with Gasteiger partial charge in [0.05, 0.1) is 13.2 Å². The van der Waals surface area contributed by atoms with Gasteiger partial charge in [0.1, 0.15) is 11.9 Å². The Morgan fingerprint density at radius 3 is 2.86 bits per heavy atom. The van der Waals surface area contributed by atoms with Gasteiger partial charge in [0.25, 0.3) is 0 Å². The molecule has 1 N–H and O–H groups in total. The highest BCUT2D eigenvalue weighted by Gasteiger charge is 2.36. The third-order valence-electron chi connectivity index (χ3n) is 3.61. The van der Waals surface area contributed by atoms with Crippen LogP contribution in [0.2, 0.25) is 0 Å². The molecule has 1 aliphatic heterocycles. The molecule has 1 heterocycles. The molecule has 3 unspecified atom stereocenters. The Hall–Kier alpha value is -1.40. The molecule has 0 saturated carbocycles. The number of nitrogens with zero attached hydrogens (tertiary/aromatic N) is 1. The van der Waals surface area contributed by atoms with Crippen LogP contribution in [0.4, 0.5) is 0 Å². The van der Waals surface area contributed by atoms with Crippen molar-refractivity contribution in [3.63, 3.8) is 0 Å². The van der Waals surface area contributed by atoms with E-state index in [-0.39, 0.29) is 18.1 Å². The summed E-state index contributed by atoms with van der Waals surface area (Å²) in [6.07, 6.45) is 2.28. The number of hydrogen-bond acceptors (Lipinski definition) is 4. The molecule has 3 atom stereocenters. The van der Waals surface area contributed by atoms with E-state index in [4.69, 9.17) is 4.74 Å². The van der Waals surface area contributed by atoms with Crippen molar-refractivity contribution in [3.05, 3.63) is 29.8 Å². The van der Waals surface area contributed by atoms with E-state index in [2.05, 4.69) is 5.32 Å². The molecular formula is C15H22N2O3S. The van der Waals surface area contributed by atoms with Gasteiger partial charge >= 0.3 is 0 Å². The fraction of sp³-hybridized carbons (Fsp3) is 0.533. The van der Waals surface area contributed by atoms with Crippen molar-refractivity contribution < 1.29 is 13.7 Å². The second-order valence-electron chi connectivity index (χ2n) is 5.23. The number of amides is 1. The lowest BCUT2D eigenvalue weighted by Crippen LogP contribution is -2.32. The number of hydrogen-bond donors (Lipinski definition) is 1. The highest BCUT2D eigenvalue weighted by atomic mass is 32.2. The van der Waals surface area contributed by atoms with Crippen molar-refractivity contribution >= 4 is 16.7 Å². The number of nitrogens with one attached hydrogen (secondary N) is 1. The van der Waals surface area contributed by atoms with Crippen LogP contribution in [0.15, 0.2) is 24.3 Å². The van der Waals surface area contributed by atoms with Crippen LogP contribution in [0.3, 0.4) is 0 Å². The highest BCUT2D eigenvalue weighted by molar-refractivity contribution is 7.84. The van der Waals surface area contributed by atoms with Crippen LogP contribution in [0.25, 0.3) is 0 Å². The van der Waals surface area contributed by atoms with Gasteiger partial charge in [-0.05, 0) is 31.0 Å². The van der Waals surface area contributed by atoms with Crippen molar-refractivity contribution in [2.45, 2.75) is 25.6 Å². The predicted octanol–water partition coefficient (Wildman–Crippen LogP) is 1.28. The molecule has 0 spiro atoms. The summed E-state index contributed by atoms with van der Waals surface area (Å²) in [5.41, 5.74) is 1.00. The molecule has 6 heteroatoms. The molecule has 2 rings (SSSR count). The summed E-state index contributed by atoms with van der Waals surface area (Å²) < 4.78 is 16.4. The quantitative estimate of drug-likeness (QED) is 0.860. The van der Waals surface area contributed by atoms with E-state index in [1.54, 1.807) is 13.4 Å². The van der Waals surface area contributed by atoms with Crippen LogP contribution in [-0.2, 0) is 15.6 Å². The molecule has 1 aromatic carbocycles. The van der Waals surface area contributed by atoms with E-state index in [9.17, 15) is 9.00 Å². The first-order valence-corrected chi connectivity index (χ1v) is 8.76. The van der Waals surface area contributed by atoms with Gasteiger partial charge in [0.2, 0.25) is 5.91 Å². The topological polar surface area (TPSA) is 58.6 Å². The van der Waals surface area contributed by atoms with Crippen LogP contribution >= 0.6 is 0 Å². The monoisotopic (exact) mass is 310 g/mol. The molecule has 1 amide bonds. The Morgan fingerprint density at radius 2 is 2.19 bits per heavy atom. The third-order valence-corrected chi connectivity index (χ3v) is 4.48. The Labute approximate surface area is 128 Å². The summed E-state index contributed by atoms with van der Waals surface area (Å²) in [5, 5.41) is 3.30. The Kier molecular flexibility index (Phi) is 5.36. The van der Waals surface area contributed by atoms with Crippen LogP contribution in [0.5, 0.6) is 5.75 Å². The summed E-state index contributed by atoms with van der Waals surface area (Å²) >= 11 is 0. The van der Waals surface area contributed by atoms with Crippen LogP contribution in [0, 0.1) is 0 Å². The number of methoxy groups -OCH3 is 1. The van der Waals surface area contributed by atoms with E-state index in [1.165, 1.54) is 0 Å². The zero-order valence-electron chi connectivity index (χ0n) is 12.7. The molecule has 0 bridgehead atoms. The first-order chi connectivity index (χ1) is 10.0. The van der Waals surface area contributed by atoms with Gasteiger partial charge in [0.15, 0.2) is 0 Å². The summed E-state index contributed by atoms with van der Waals surface area (Å²) in [6, 6.07) is 7.52. The number of ether oxygens (including phenoxy) is 1. The first-order valence-electron chi connectivity index (χ1n) is 7.03. The van der Waals surface area contributed by atoms with Crippen molar-refractivity contribution in [1.82, 2.24) is 10.2 Å². The Bertz CT molecular complexity index is 535. The van der Waals surface area contributed by atoms with Gasteiger partial charge < -0.3 is 9.64 Å². The van der Waals surface area contributed by atoms with Crippen molar-refractivity contribution in [1.29, 1.82) is 0 Å². The zero-order chi connectivity index (χ0) is 15.4. The fourth-order valence-corrected chi connectivity index (χ4v) is 3.07. The molecule has 5 nitrogen and oxygen atoms in total. The fourth-order valence-electron chi connectivity index (χ4n) is 2.54. The normalized spacial score (nSPS) is 23.4. The largest absolute Gasteiger partial charge is 0.497 e. The first kappa shape index (κ1) is 16.0. The maximum Gasteiger partial charge on any atom is 0.241 e. The maximum atomic E-state index is 12.3. The minimum atomic E-state index is -0.825. The van der Waals surface area contributed by atoms with Gasteiger partial charge in [-0.25, -0.2) is 0 Å². The Morgan fingerprint density at radius 1 is 1.43 bits per heavy atom. The summed E-state index contributed by atoms with van der Waals surface area (Å²) in [5.74, 6) is 1.48. The van der Waals surface area contributed by atoms with Gasteiger partial charge in [0, 0.05) is 29.4 Å². The number of carbonyl (C=O) groups is 1. The molecule has 0 radical (unpaired) electrons. The Balaban J connectivity index is 2.14. The smallest absolute Gasteiger partial charge is 0.241 e. The lowest BCUT2D eigenvalue weighted by molar-refractivity contribution is -0.129. The molecule has 1 aromatic rings.